The number of methoxy groups -OCH3 is 1. The van der Waals surface area contributed by atoms with Crippen LogP contribution in [0.5, 0.6) is 5.75 Å². The molecule has 0 atom stereocenters. The summed E-state index contributed by atoms with van der Waals surface area (Å²) in [5, 5.41) is 4.45. The van der Waals surface area contributed by atoms with Crippen LogP contribution >= 0.6 is 0 Å². The normalized spacial score (nSPS) is 14.4. The Bertz CT molecular complexity index is 1150. The summed E-state index contributed by atoms with van der Waals surface area (Å²) in [5.41, 5.74) is 8.51. The number of piperidine rings is 1. The maximum atomic E-state index is 13.1. The van der Waals surface area contributed by atoms with E-state index in [1.165, 1.54) is 6.20 Å². The summed E-state index contributed by atoms with van der Waals surface area (Å²) in [6.45, 7) is 2.95. The largest absolute Gasteiger partial charge is 0.497 e. The number of primary amides is 1. The first kappa shape index (κ1) is 21.5. The van der Waals surface area contributed by atoms with Gasteiger partial charge in [-0.3, -0.25) is 14.3 Å². The molecule has 2 aromatic heterocycles. The molecule has 1 aliphatic heterocycles. The number of rotatable bonds is 5. The van der Waals surface area contributed by atoms with E-state index in [4.69, 9.17) is 10.5 Å². The number of aromatic nitrogens is 4. The van der Waals surface area contributed by atoms with Crippen molar-refractivity contribution in [3.05, 3.63) is 59.3 Å². The van der Waals surface area contributed by atoms with E-state index in [2.05, 4.69) is 15.1 Å². The molecule has 0 radical (unpaired) electrons. The van der Waals surface area contributed by atoms with E-state index in [1.807, 2.05) is 42.3 Å². The zero-order valence-corrected chi connectivity index (χ0v) is 18.4. The SMILES string of the molecule is COc1ccc(-c2cc(C(=O)N3CCC(c4ncc(C(N)=O)c(C)n4)CC3)nn2C)cc1. The molecule has 32 heavy (non-hydrogen) atoms. The maximum Gasteiger partial charge on any atom is 0.274 e. The number of likely N-dealkylation sites (tertiary alicyclic amines) is 1. The number of carbonyl (C=O) groups is 2. The van der Waals surface area contributed by atoms with Gasteiger partial charge in [0.05, 0.1) is 24.1 Å². The van der Waals surface area contributed by atoms with Gasteiger partial charge in [-0.1, -0.05) is 0 Å². The molecule has 0 saturated carbocycles. The Morgan fingerprint density at radius 1 is 1.16 bits per heavy atom. The van der Waals surface area contributed by atoms with Crippen molar-refractivity contribution in [3.8, 4) is 17.0 Å². The first-order chi connectivity index (χ1) is 15.4. The van der Waals surface area contributed by atoms with Crippen LogP contribution in [0.25, 0.3) is 11.3 Å². The fourth-order valence-corrected chi connectivity index (χ4v) is 4.03. The molecular weight excluding hydrogens is 408 g/mol. The minimum atomic E-state index is -0.529. The van der Waals surface area contributed by atoms with Crippen molar-refractivity contribution in [2.45, 2.75) is 25.7 Å². The van der Waals surface area contributed by atoms with Crippen LogP contribution in [0.15, 0.2) is 36.5 Å². The molecule has 166 valence electrons. The van der Waals surface area contributed by atoms with Crippen molar-refractivity contribution in [2.24, 2.45) is 12.8 Å². The highest BCUT2D eigenvalue weighted by atomic mass is 16.5. The molecule has 0 spiro atoms. The summed E-state index contributed by atoms with van der Waals surface area (Å²) >= 11 is 0. The fourth-order valence-electron chi connectivity index (χ4n) is 4.03. The number of benzene rings is 1. The molecule has 0 bridgehead atoms. The van der Waals surface area contributed by atoms with Crippen LogP contribution in [0.3, 0.4) is 0 Å². The van der Waals surface area contributed by atoms with Crippen LogP contribution in [0, 0.1) is 6.92 Å². The molecule has 0 aliphatic carbocycles. The van der Waals surface area contributed by atoms with Gasteiger partial charge in [0.2, 0.25) is 0 Å². The fraction of sp³-hybridized carbons (Fsp3) is 0.348. The number of carbonyl (C=O) groups excluding carboxylic acids is 2. The molecule has 1 saturated heterocycles. The van der Waals surface area contributed by atoms with E-state index >= 15 is 0 Å². The molecule has 3 aromatic rings. The summed E-state index contributed by atoms with van der Waals surface area (Å²) in [6, 6.07) is 9.48. The van der Waals surface area contributed by atoms with Gasteiger partial charge in [0.1, 0.15) is 11.6 Å². The molecule has 2 amide bonds. The molecule has 4 rings (SSSR count). The first-order valence-corrected chi connectivity index (χ1v) is 10.5. The van der Waals surface area contributed by atoms with Crippen molar-refractivity contribution in [2.75, 3.05) is 20.2 Å². The van der Waals surface area contributed by atoms with Crippen LogP contribution in [-0.2, 0) is 7.05 Å². The van der Waals surface area contributed by atoms with Gasteiger partial charge in [-0.25, -0.2) is 9.97 Å². The standard InChI is InChI=1S/C23H26N6O3/c1-14-18(21(24)30)13-25-22(26-14)16-8-10-29(11-9-16)23(31)19-12-20(28(2)27-19)15-4-6-17(32-3)7-5-15/h4-7,12-13,16H,8-11H2,1-3H3,(H2,24,30). The third kappa shape index (κ3) is 4.18. The van der Waals surface area contributed by atoms with Gasteiger partial charge in [-0.2, -0.15) is 5.10 Å². The number of ether oxygens (including phenoxy) is 1. The van der Waals surface area contributed by atoms with E-state index in [0.29, 0.717) is 35.9 Å². The molecule has 1 aliphatic rings. The van der Waals surface area contributed by atoms with Gasteiger partial charge >= 0.3 is 0 Å². The van der Waals surface area contributed by atoms with Crippen molar-refractivity contribution in [3.63, 3.8) is 0 Å². The molecule has 2 N–H and O–H groups in total. The van der Waals surface area contributed by atoms with Crippen molar-refractivity contribution < 1.29 is 14.3 Å². The highest BCUT2D eigenvalue weighted by molar-refractivity contribution is 5.94. The zero-order valence-electron chi connectivity index (χ0n) is 18.4. The Labute approximate surface area is 186 Å². The van der Waals surface area contributed by atoms with E-state index in [1.54, 1.807) is 18.7 Å². The van der Waals surface area contributed by atoms with Gasteiger partial charge in [-0.05, 0) is 50.1 Å². The highest BCUT2D eigenvalue weighted by Gasteiger charge is 2.28. The Kier molecular flexibility index (Phi) is 5.89. The third-order valence-electron chi connectivity index (χ3n) is 5.90. The van der Waals surface area contributed by atoms with Gasteiger partial charge < -0.3 is 15.4 Å². The Morgan fingerprint density at radius 3 is 2.44 bits per heavy atom. The average molecular weight is 435 g/mol. The van der Waals surface area contributed by atoms with Crippen molar-refractivity contribution >= 4 is 11.8 Å². The molecular formula is C23H26N6O3. The summed E-state index contributed by atoms with van der Waals surface area (Å²) in [5.74, 6) is 0.995. The van der Waals surface area contributed by atoms with Crippen LogP contribution in [0.4, 0.5) is 0 Å². The van der Waals surface area contributed by atoms with Gasteiger partial charge in [0.25, 0.3) is 11.8 Å². The van der Waals surface area contributed by atoms with E-state index in [9.17, 15) is 9.59 Å². The second kappa shape index (κ2) is 8.78. The third-order valence-corrected chi connectivity index (χ3v) is 5.90. The van der Waals surface area contributed by atoms with Crippen LogP contribution in [-0.4, -0.2) is 56.7 Å². The van der Waals surface area contributed by atoms with Crippen LogP contribution in [0.2, 0.25) is 0 Å². The number of nitrogens with zero attached hydrogens (tertiary/aromatic N) is 5. The highest BCUT2D eigenvalue weighted by Crippen LogP contribution is 2.28. The molecule has 1 aromatic carbocycles. The van der Waals surface area contributed by atoms with Crippen LogP contribution in [0.1, 0.15) is 51.1 Å². The number of nitrogens with two attached hydrogens (primary N) is 1. The predicted molar refractivity (Wildman–Crippen MR) is 118 cm³/mol. The predicted octanol–water partition coefficient (Wildman–Crippen LogP) is 2.31. The Balaban J connectivity index is 1.43. The quantitative estimate of drug-likeness (QED) is 0.659. The Hall–Kier alpha value is -3.75. The second-order valence-corrected chi connectivity index (χ2v) is 7.92. The smallest absolute Gasteiger partial charge is 0.274 e. The topological polar surface area (TPSA) is 116 Å². The molecule has 1 fully saturated rings. The number of amides is 2. The van der Waals surface area contributed by atoms with Gasteiger partial charge in [0, 0.05) is 37.8 Å². The summed E-state index contributed by atoms with van der Waals surface area (Å²) in [7, 11) is 3.46. The first-order valence-electron chi connectivity index (χ1n) is 10.5. The van der Waals surface area contributed by atoms with E-state index < -0.39 is 5.91 Å². The number of aryl methyl sites for hydroxylation is 2. The lowest BCUT2D eigenvalue weighted by atomic mass is 9.95. The number of hydrogen-bond donors (Lipinski definition) is 1. The summed E-state index contributed by atoms with van der Waals surface area (Å²) < 4.78 is 6.93. The number of hydrogen-bond acceptors (Lipinski definition) is 6. The molecule has 0 unspecified atom stereocenters. The van der Waals surface area contributed by atoms with Crippen molar-refractivity contribution in [1.82, 2.24) is 24.6 Å². The van der Waals surface area contributed by atoms with E-state index in [0.717, 1.165) is 29.8 Å². The summed E-state index contributed by atoms with van der Waals surface area (Å²) in [4.78, 5) is 35.1. The molecule has 9 heteroatoms. The maximum absolute atomic E-state index is 13.1. The second-order valence-electron chi connectivity index (χ2n) is 7.92. The lowest BCUT2D eigenvalue weighted by Gasteiger charge is -2.31. The molecule has 3 heterocycles. The minimum Gasteiger partial charge on any atom is -0.497 e. The lowest BCUT2D eigenvalue weighted by molar-refractivity contribution is 0.0704. The minimum absolute atomic E-state index is 0.0833. The van der Waals surface area contributed by atoms with Crippen molar-refractivity contribution in [1.29, 1.82) is 0 Å². The average Bonchev–Trinajstić information content (AvgIpc) is 3.20. The molecule has 9 nitrogen and oxygen atoms in total. The van der Waals surface area contributed by atoms with Gasteiger partial charge in [0.15, 0.2) is 5.69 Å². The Morgan fingerprint density at radius 2 is 1.84 bits per heavy atom. The lowest BCUT2D eigenvalue weighted by Crippen LogP contribution is -2.38. The van der Waals surface area contributed by atoms with Gasteiger partial charge in [-0.15, -0.1) is 0 Å². The monoisotopic (exact) mass is 434 g/mol. The summed E-state index contributed by atoms with van der Waals surface area (Å²) in [6.07, 6.45) is 2.99. The van der Waals surface area contributed by atoms with Crippen LogP contribution < -0.4 is 10.5 Å². The van der Waals surface area contributed by atoms with E-state index in [-0.39, 0.29) is 11.8 Å². The zero-order chi connectivity index (χ0) is 22.8.